The number of hydrogen-bond donors (Lipinski definition) is 2. The molecule has 0 aliphatic carbocycles. The van der Waals surface area contributed by atoms with Crippen molar-refractivity contribution < 1.29 is 9.50 Å². The third-order valence-electron chi connectivity index (χ3n) is 4.49. The predicted octanol–water partition coefficient (Wildman–Crippen LogP) is 2.39. The number of rotatable bonds is 4. The fourth-order valence-corrected chi connectivity index (χ4v) is 3.28. The lowest BCUT2D eigenvalue weighted by atomic mass is 10.2. The van der Waals surface area contributed by atoms with E-state index in [9.17, 15) is 9.50 Å². The molecular weight excluding hydrogens is 335 g/mol. The van der Waals surface area contributed by atoms with Crippen LogP contribution in [0.15, 0.2) is 30.5 Å². The van der Waals surface area contributed by atoms with E-state index in [0.717, 1.165) is 11.3 Å². The summed E-state index contributed by atoms with van der Waals surface area (Å²) in [7, 11) is 0. The summed E-state index contributed by atoms with van der Waals surface area (Å²) in [5.41, 5.74) is 3.05. The van der Waals surface area contributed by atoms with Crippen LogP contribution < -0.4 is 10.2 Å². The van der Waals surface area contributed by atoms with Crippen molar-refractivity contribution in [3.8, 4) is 0 Å². The number of nitrogens with one attached hydrogen (secondary N) is 1. The number of aromatic nitrogens is 4. The van der Waals surface area contributed by atoms with Crippen LogP contribution in [0, 0.1) is 13.8 Å². The molecule has 0 aromatic carbocycles. The van der Waals surface area contributed by atoms with E-state index >= 15 is 0 Å². The predicted molar refractivity (Wildman–Crippen MR) is 97.0 cm³/mol. The molecule has 2 N–H and O–H groups in total. The molecule has 1 aliphatic rings. The van der Waals surface area contributed by atoms with Crippen LogP contribution >= 0.6 is 0 Å². The maximum Gasteiger partial charge on any atom is 0.169 e. The number of nitrogens with zero attached hydrogens (tertiary/aromatic N) is 5. The molecule has 4 heterocycles. The summed E-state index contributed by atoms with van der Waals surface area (Å²) in [6.07, 6.45) is 0.331. The van der Waals surface area contributed by atoms with Crippen molar-refractivity contribution >= 4 is 17.3 Å². The molecule has 0 radical (unpaired) electrons. The first kappa shape index (κ1) is 16.7. The SMILES string of the molecule is Cc1cc(C)nc(C(O)Nc2cnc3ccc(N4CC[C@H](F)C4)nn23)c1. The van der Waals surface area contributed by atoms with Gasteiger partial charge in [0.2, 0.25) is 0 Å². The first-order valence-electron chi connectivity index (χ1n) is 8.63. The van der Waals surface area contributed by atoms with Crippen molar-refractivity contribution in [1.29, 1.82) is 0 Å². The number of imidazole rings is 1. The standard InChI is InChI=1S/C18H21FN6O/c1-11-7-12(2)21-14(8-11)18(26)22-17-9-20-15-3-4-16(23-25(15)17)24-6-5-13(19)10-24/h3-4,7-9,13,18,22,26H,5-6,10H2,1-2H3/t13-,18?/m0/s1. The number of halogens is 1. The average molecular weight is 356 g/mol. The number of fused-ring (bicyclic) bond motifs is 1. The van der Waals surface area contributed by atoms with Crippen LogP contribution in [0.3, 0.4) is 0 Å². The van der Waals surface area contributed by atoms with Gasteiger partial charge in [-0.2, -0.15) is 4.52 Å². The van der Waals surface area contributed by atoms with Gasteiger partial charge in [0.1, 0.15) is 12.0 Å². The number of hydrogen-bond acceptors (Lipinski definition) is 6. The summed E-state index contributed by atoms with van der Waals surface area (Å²) in [4.78, 5) is 10.6. The molecule has 1 saturated heterocycles. The Morgan fingerprint density at radius 1 is 1.31 bits per heavy atom. The monoisotopic (exact) mass is 356 g/mol. The summed E-state index contributed by atoms with van der Waals surface area (Å²) in [5.74, 6) is 1.24. The summed E-state index contributed by atoms with van der Waals surface area (Å²) in [6, 6.07) is 7.46. The molecule has 0 amide bonds. The van der Waals surface area contributed by atoms with E-state index in [-0.39, 0.29) is 0 Å². The van der Waals surface area contributed by atoms with Gasteiger partial charge in [0.25, 0.3) is 0 Å². The van der Waals surface area contributed by atoms with Crippen LogP contribution in [0.1, 0.15) is 29.6 Å². The van der Waals surface area contributed by atoms with Crippen LogP contribution in [0.4, 0.5) is 16.0 Å². The highest BCUT2D eigenvalue weighted by molar-refractivity contribution is 5.53. The van der Waals surface area contributed by atoms with Crippen LogP contribution in [0.5, 0.6) is 0 Å². The molecule has 1 unspecified atom stereocenters. The lowest BCUT2D eigenvalue weighted by Gasteiger charge is -2.17. The molecular formula is C18H21FN6O. The zero-order valence-electron chi connectivity index (χ0n) is 14.7. The first-order chi connectivity index (χ1) is 12.5. The summed E-state index contributed by atoms with van der Waals surface area (Å²) in [5, 5.41) is 18.1. The molecule has 2 atom stereocenters. The highest BCUT2D eigenvalue weighted by Crippen LogP contribution is 2.23. The fourth-order valence-electron chi connectivity index (χ4n) is 3.28. The number of alkyl halides is 1. The second-order valence-electron chi connectivity index (χ2n) is 6.69. The van der Waals surface area contributed by atoms with Gasteiger partial charge in [-0.05, 0) is 50.1 Å². The molecule has 1 aliphatic heterocycles. The van der Waals surface area contributed by atoms with Crippen molar-refractivity contribution in [2.75, 3.05) is 23.3 Å². The van der Waals surface area contributed by atoms with Crippen LogP contribution in [-0.2, 0) is 0 Å². The van der Waals surface area contributed by atoms with E-state index in [1.54, 1.807) is 10.7 Å². The maximum absolute atomic E-state index is 13.5. The second kappa shape index (κ2) is 6.53. The van der Waals surface area contributed by atoms with Crippen molar-refractivity contribution in [2.45, 2.75) is 32.7 Å². The minimum atomic E-state index is -0.985. The highest BCUT2D eigenvalue weighted by atomic mass is 19.1. The lowest BCUT2D eigenvalue weighted by Crippen LogP contribution is -2.22. The van der Waals surface area contributed by atoms with E-state index in [0.29, 0.717) is 42.5 Å². The van der Waals surface area contributed by atoms with Crippen LogP contribution in [0.2, 0.25) is 0 Å². The normalized spacial score (nSPS) is 18.5. The lowest BCUT2D eigenvalue weighted by molar-refractivity contribution is 0.202. The summed E-state index contributed by atoms with van der Waals surface area (Å²) in [6.45, 7) is 4.85. The third kappa shape index (κ3) is 3.20. The van der Waals surface area contributed by atoms with Gasteiger partial charge in [0.05, 0.1) is 18.4 Å². The topological polar surface area (TPSA) is 78.6 Å². The molecule has 1 fully saturated rings. The van der Waals surface area contributed by atoms with Gasteiger partial charge in [-0.1, -0.05) is 0 Å². The number of aryl methyl sites for hydroxylation is 2. The quantitative estimate of drug-likeness (QED) is 0.699. The fraction of sp³-hybridized carbons (Fsp3) is 0.389. The van der Waals surface area contributed by atoms with Gasteiger partial charge in [-0.25, -0.2) is 9.37 Å². The maximum atomic E-state index is 13.5. The van der Waals surface area contributed by atoms with Gasteiger partial charge in [-0.3, -0.25) is 4.98 Å². The van der Waals surface area contributed by atoms with E-state index in [1.807, 2.05) is 43.0 Å². The van der Waals surface area contributed by atoms with Gasteiger partial charge < -0.3 is 15.3 Å². The molecule has 4 rings (SSSR count). The molecule has 136 valence electrons. The van der Waals surface area contributed by atoms with Crippen molar-refractivity contribution in [3.63, 3.8) is 0 Å². The van der Waals surface area contributed by atoms with Gasteiger partial charge in [0, 0.05) is 12.2 Å². The first-order valence-corrected chi connectivity index (χ1v) is 8.63. The smallest absolute Gasteiger partial charge is 0.169 e. The zero-order valence-corrected chi connectivity index (χ0v) is 14.7. The number of aliphatic hydroxyl groups is 1. The van der Waals surface area contributed by atoms with Crippen LogP contribution in [0.25, 0.3) is 5.65 Å². The summed E-state index contributed by atoms with van der Waals surface area (Å²) < 4.78 is 15.1. The van der Waals surface area contributed by atoms with Gasteiger partial charge in [-0.15, -0.1) is 5.10 Å². The van der Waals surface area contributed by atoms with Gasteiger partial charge >= 0.3 is 0 Å². The Bertz CT molecular complexity index is 922. The van der Waals surface area contributed by atoms with E-state index in [4.69, 9.17) is 0 Å². The number of aliphatic hydroxyl groups excluding tert-OH is 1. The van der Waals surface area contributed by atoms with Crippen molar-refractivity contribution in [3.05, 3.63) is 47.4 Å². The Labute approximate surface area is 150 Å². The van der Waals surface area contributed by atoms with Crippen LogP contribution in [-0.4, -0.2) is 43.9 Å². The number of anilines is 2. The molecule has 3 aromatic rings. The Kier molecular flexibility index (Phi) is 4.20. The molecule has 7 nitrogen and oxygen atoms in total. The van der Waals surface area contributed by atoms with E-state index < -0.39 is 12.4 Å². The Morgan fingerprint density at radius 3 is 2.88 bits per heavy atom. The van der Waals surface area contributed by atoms with E-state index in [2.05, 4.69) is 20.4 Å². The molecule has 26 heavy (non-hydrogen) atoms. The molecule has 8 heteroatoms. The molecule has 3 aromatic heterocycles. The Morgan fingerprint density at radius 2 is 2.15 bits per heavy atom. The average Bonchev–Trinajstić information content (AvgIpc) is 3.20. The Balaban J connectivity index is 1.61. The summed E-state index contributed by atoms with van der Waals surface area (Å²) >= 11 is 0. The largest absolute Gasteiger partial charge is 0.368 e. The minimum absolute atomic E-state index is 0.352. The third-order valence-corrected chi connectivity index (χ3v) is 4.49. The van der Waals surface area contributed by atoms with Crippen molar-refractivity contribution in [1.82, 2.24) is 19.6 Å². The minimum Gasteiger partial charge on any atom is -0.368 e. The van der Waals surface area contributed by atoms with Crippen molar-refractivity contribution in [2.24, 2.45) is 0 Å². The second-order valence-corrected chi connectivity index (χ2v) is 6.69. The highest BCUT2D eigenvalue weighted by Gasteiger charge is 2.23. The van der Waals surface area contributed by atoms with E-state index in [1.165, 1.54) is 0 Å². The zero-order chi connectivity index (χ0) is 18.3. The number of pyridine rings is 1. The molecule has 0 bridgehead atoms. The molecule has 0 spiro atoms. The van der Waals surface area contributed by atoms with Gasteiger partial charge in [0.15, 0.2) is 17.7 Å². The molecule has 0 saturated carbocycles. The Hall–Kier alpha value is -2.74.